The van der Waals surface area contributed by atoms with E-state index in [9.17, 15) is 0 Å². The Bertz CT molecular complexity index is 436. The lowest BCUT2D eigenvalue weighted by Gasteiger charge is -2.14. The number of thioether (sulfide) groups is 1. The molecular weight excluding hydrogens is 278 g/mol. The Balaban J connectivity index is 1.67. The fraction of sp³-hybridized carbons (Fsp3) is 0.588. The topological polar surface area (TPSA) is 36.4 Å². The van der Waals surface area contributed by atoms with E-state index in [4.69, 9.17) is 0 Å². The van der Waals surface area contributed by atoms with Gasteiger partial charge in [0.15, 0.2) is 5.96 Å². The highest BCUT2D eigenvalue weighted by atomic mass is 32.2. The molecule has 21 heavy (non-hydrogen) atoms. The van der Waals surface area contributed by atoms with E-state index >= 15 is 0 Å². The van der Waals surface area contributed by atoms with Crippen LogP contribution >= 0.6 is 11.8 Å². The largest absolute Gasteiger partial charge is 0.356 e. The zero-order valence-corrected chi connectivity index (χ0v) is 14.0. The fourth-order valence-electron chi connectivity index (χ4n) is 2.50. The first-order chi connectivity index (χ1) is 10.3. The second-order valence-corrected chi connectivity index (χ2v) is 6.84. The van der Waals surface area contributed by atoms with E-state index < -0.39 is 0 Å². The van der Waals surface area contributed by atoms with Gasteiger partial charge < -0.3 is 10.6 Å². The lowest BCUT2D eigenvalue weighted by atomic mass is 10.1. The van der Waals surface area contributed by atoms with Gasteiger partial charge in [0.1, 0.15) is 0 Å². The van der Waals surface area contributed by atoms with Crippen molar-refractivity contribution in [3.63, 3.8) is 0 Å². The fourth-order valence-corrected chi connectivity index (χ4v) is 3.70. The predicted molar refractivity (Wildman–Crippen MR) is 94.4 cm³/mol. The van der Waals surface area contributed by atoms with Crippen molar-refractivity contribution in [1.29, 1.82) is 0 Å². The van der Waals surface area contributed by atoms with Crippen molar-refractivity contribution in [1.82, 2.24) is 10.6 Å². The van der Waals surface area contributed by atoms with Crippen LogP contribution in [0.15, 0.2) is 29.3 Å². The molecule has 116 valence electrons. The first kappa shape index (κ1) is 16.2. The average molecular weight is 305 g/mol. The Morgan fingerprint density at radius 2 is 2.00 bits per heavy atom. The third-order valence-corrected chi connectivity index (χ3v) is 5.28. The van der Waals surface area contributed by atoms with E-state index in [-0.39, 0.29) is 0 Å². The minimum Gasteiger partial charge on any atom is -0.356 e. The first-order valence-corrected chi connectivity index (χ1v) is 9.00. The number of aliphatic imine (C=N–C) groups is 1. The van der Waals surface area contributed by atoms with Gasteiger partial charge in [0, 0.05) is 25.4 Å². The molecule has 1 atom stereocenters. The van der Waals surface area contributed by atoms with Crippen molar-refractivity contribution in [2.24, 2.45) is 4.99 Å². The number of guanidine groups is 1. The number of aryl methyl sites for hydroxylation is 1. The van der Waals surface area contributed by atoms with Gasteiger partial charge in [0.2, 0.25) is 0 Å². The summed E-state index contributed by atoms with van der Waals surface area (Å²) in [6.07, 6.45) is 4.83. The van der Waals surface area contributed by atoms with Crippen molar-refractivity contribution in [3.05, 3.63) is 35.4 Å². The highest BCUT2D eigenvalue weighted by Gasteiger charge is 2.15. The van der Waals surface area contributed by atoms with Crippen molar-refractivity contribution in [3.8, 4) is 0 Å². The van der Waals surface area contributed by atoms with Crippen molar-refractivity contribution < 1.29 is 0 Å². The lowest BCUT2D eigenvalue weighted by Crippen LogP contribution is -2.40. The molecule has 1 saturated heterocycles. The van der Waals surface area contributed by atoms with E-state index in [1.807, 2.05) is 7.05 Å². The highest BCUT2D eigenvalue weighted by Crippen LogP contribution is 2.25. The molecule has 2 N–H and O–H groups in total. The number of rotatable bonds is 6. The molecule has 1 heterocycles. The molecule has 0 saturated carbocycles. The van der Waals surface area contributed by atoms with Gasteiger partial charge >= 0.3 is 0 Å². The molecule has 4 heteroatoms. The van der Waals surface area contributed by atoms with Gasteiger partial charge in [-0.05, 0) is 42.6 Å². The van der Waals surface area contributed by atoms with E-state index in [1.54, 1.807) is 0 Å². The van der Waals surface area contributed by atoms with Crippen LogP contribution < -0.4 is 10.6 Å². The number of nitrogens with one attached hydrogen (secondary N) is 2. The summed E-state index contributed by atoms with van der Waals surface area (Å²) in [5, 5.41) is 7.59. The van der Waals surface area contributed by atoms with Crippen LogP contribution in [0.25, 0.3) is 0 Å². The molecule has 1 aliphatic heterocycles. The van der Waals surface area contributed by atoms with Gasteiger partial charge in [-0.15, -0.1) is 0 Å². The van der Waals surface area contributed by atoms with Crippen LogP contribution in [0, 0.1) is 0 Å². The summed E-state index contributed by atoms with van der Waals surface area (Å²) in [6, 6.07) is 8.90. The molecule has 0 aliphatic carbocycles. The summed E-state index contributed by atoms with van der Waals surface area (Å²) in [7, 11) is 1.84. The summed E-state index contributed by atoms with van der Waals surface area (Å²) in [5.74, 6) is 2.24. The van der Waals surface area contributed by atoms with E-state index in [0.717, 1.165) is 37.1 Å². The molecule has 0 bridgehead atoms. The van der Waals surface area contributed by atoms with Gasteiger partial charge in [-0.25, -0.2) is 0 Å². The van der Waals surface area contributed by atoms with E-state index in [1.165, 1.54) is 29.7 Å². The molecule has 1 aliphatic rings. The second-order valence-electron chi connectivity index (χ2n) is 5.43. The minimum absolute atomic E-state index is 0.755. The molecule has 1 unspecified atom stereocenters. The maximum Gasteiger partial charge on any atom is 0.191 e. The summed E-state index contributed by atoms with van der Waals surface area (Å²) < 4.78 is 0. The molecule has 0 radical (unpaired) electrons. The lowest BCUT2D eigenvalue weighted by molar-refractivity contribution is 0.724. The Morgan fingerprint density at radius 1 is 1.24 bits per heavy atom. The third-order valence-electron chi connectivity index (χ3n) is 3.88. The van der Waals surface area contributed by atoms with Crippen LogP contribution in [0.3, 0.4) is 0 Å². The maximum absolute atomic E-state index is 4.29. The monoisotopic (exact) mass is 305 g/mol. The SMILES string of the molecule is CCc1ccc(CCNC(=NC)NCC2CCCS2)cc1. The zero-order valence-electron chi connectivity index (χ0n) is 13.2. The predicted octanol–water partition coefficient (Wildman–Crippen LogP) is 2.85. The molecule has 0 spiro atoms. The molecule has 1 fully saturated rings. The van der Waals surface area contributed by atoms with Crippen LogP contribution in [0.2, 0.25) is 0 Å². The Morgan fingerprint density at radius 3 is 2.62 bits per heavy atom. The minimum atomic E-state index is 0.755. The Hall–Kier alpha value is -1.16. The van der Waals surface area contributed by atoms with Gasteiger partial charge in [-0.3, -0.25) is 4.99 Å². The van der Waals surface area contributed by atoms with Crippen molar-refractivity contribution in [2.45, 2.75) is 37.9 Å². The molecular formula is C17H27N3S. The second kappa shape index (κ2) is 8.98. The smallest absolute Gasteiger partial charge is 0.191 e. The van der Waals surface area contributed by atoms with Crippen molar-refractivity contribution >= 4 is 17.7 Å². The number of hydrogen-bond donors (Lipinski definition) is 2. The Kier molecular flexibility index (Phi) is 6.93. The summed E-state index contributed by atoms with van der Waals surface area (Å²) >= 11 is 2.07. The van der Waals surface area contributed by atoms with Gasteiger partial charge in [-0.2, -0.15) is 11.8 Å². The number of nitrogens with zero attached hydrogens (tertiary/aromatic N) is 1. The molecule has 0 aromatic heterocycles. The highest BCUT2D eigenvalue weighted by molar-refractivity contribution is 8.00. The molecule has 0 amide bonds. The van der Waals surface area contributed by atoms with Gasteiger partial charge in [0.25, 0.3) is 0 Å². The van der Waals surface area contributed by atoms with Crippen LogP contribution in [0.1, 0.15) is 30.9 Å². The molecule has 2 rings (SSSR count). The third kappa shape index (κ3) is 5.62. The van der Waals surface area contributed by atoms with Crippen LogP contribution in [0.5, 0.6) is 0 Å². The zero-order chi connectivity index (χ0) is 14.9. The summed E-state index contributed by atoms with van der Waals surface area (Å²) in [4.78, 5) is 4.29. The first-order valence-electron chi connectivity index (χ1n) is 7.95. The summed E-state index contributed by atoms with van der Waals surface area (Å²) in [6.45, 7) is 4.13. The number of benzene rings is 1. The van der Waals surface area contributed by atoms with Crippen LogP contribution in [-0.2, 0) is 12.8 Å². The van der Waals surface area contributed by atoms with Gasteiger partial charge in [0.05, 0.1) is 0 Å². The van der Waals surface area contributed by atoms with Crippen LogP contribution in [0.4, 0.5) is 0 Å². The molecule has 3 nitrogen and oxygen atoms in total. The van der Waals surface area contributed by atoms with E-state index in [0.29, 0.717) is 0 Å². The average Bonchev–Trinajstić information content (AvgIpc) is 3.04. The van der Waals surface area contributed by atoms with Crippen molar-refractivity contribution in [2.75, 3.05) is 25.9 Å². The van der Waals surface area contributed by atoms with Crippen LogP contribution in [-0.4, -0.2) is 37.1 Å². The molecule has 1 aromatic carbocycles. The van der Waals surface area contributed by atoms with Gasteiger partial charge in [-0.1, -0.05) is 31.2 Å². The Labute approximate surface area is 133 Å². The summed E-state index contributed by atoms with van der Waals surface area (Å²) in [5.41, 5.74) is 2.78. The normalized spacial score (nSPS) is 18.8. The van der Waals surface area contributed by atoms with E-state index in [2.05, 4.69) is 58.6 Å². The number of hydrogen-bond acceptors (Lipinski definition) is 2. The quantitative estimate of drug-likeness (QED) is 0.627. The maximum atomic E-state index is 4.29. The standard InChI is InChI=1S/C17H27N3S/c1-3-14-6-8-15(9-7-14)10-11-19-17(18-2)20-13-16-5-4-12-21-16/h6-9,16H,3-5,10-13H2,1-2H3,(H2,18,19,20). The molecule has 1 aromatic rings.